The number of carbonyl (C=O) groups is 1. The number of hydrogen-bond donors (Lipinski definition) is 2. The second-order valence-electron chi connectivity index (χ2n) is 5.94. The van der Waals surface area contributed by atoms with E-state index < -0.39 is 0 Å². The first-order chi connectivity index (χ1) is 13.5. The van der Waals surface area contributed by atoms with Crippen LogP contribution in [0.1, 0.15) is 10.4 Å². The summed E-state index contributed by atoms with van der Waals surface area (Å²) in [6, 6.07) is 16.8. The number of nitrogens with one attached hydrogen (secondary N) is 2. The summed E-state index contributed by atoms with van der Waals surface area (Å²) in [7, 11) is 1.53. The van der Waals surface area contributed by atoms with Gasteiger partial charge < -0.3 is 10.1 Å². The van der Waals surface area contributed by atoms with Crippen LogP contribution in [0.5, 0.6) is 5.75 Å². The van der Waals surface area contributed by atoms with E-state index in [-0.39, 0.29) is 11.0 Å². The van der Waals surface area contributed by atoms with Crippen LogP contribution in [0.25, 0.3) is 21.0 Å². The lowest BCUT2D eigenvalue weighted by atomic mass is 10.1. The molecule has 0 fully saturated rings. The van der Waals surface area contributed by atoms with Crippen molar-refractivity contribution < 1.29 is 9.53 Å². The fourth-order valence-electron chi connectivity index (χ4n) is 2.82. The number of anilines is 1. The number of ether oxygens (including phenoxy) is 1. The molecule has 0 bridgehead atoms. The van der Waals surface area contributed by atoms with Gasteiger partial charge in [-0.3, -0.25) is 10.1 Å². The molecule has 0 aliphatic rings. The minimum atomic E-state index is -0.357. The minimum absolute atomic E-state index is 0.158. The largest absolute Gasteiger partial charge is 0.496 e. The first-order valence-electron chi connectivity index (χ1n) is 8.29. The smallest absolute Gasteiger partial charge is 0.261 e. The predicted molar refractivity (Wildman–Crippen MR) is 119 cm³/mol. The molecule has 1 amide bonds. The lowest BCUT2D eigenvalue weighted by Crippen LogP contribution is -2.34. The summed E-state index contributed by atoms with van der Waals surface area (Å²) in [6.45, 7) is 0. The molecule has 28 heavy (non-hydrogen) atoms. The van der Waals surface area contributed by atoms with Crippen LogP contribution in [-0.4, -0.2) is 23.1 Å². The van der Waals surface area contributed by atoms with Gasteiger partial charge in [0.15, 0.2) is 10.2 Å². The second-order valence-corrected chi connectivity index (χ2v) is 7.81. The van der Waals surface area contributed by atoms with Gasteiger partial charge in [0.25, 0.3) is 5.91 Å². The zero-order chi connectivity index (χ0) is 19.7. The van der Waals surface area contributed by atoms with Gasteiger partial charge in [0.05, 0.1) is 22.9 Å². The second kappa shape index (κ2) is 7.71. The zero-order valence-corrected chi connectivity index (χ0v) is 17.0. The zero-order valence-electron chi connectivity index (χ0n) is 14.7. The molecule has 2 N–H and O–H groups in total. The third-order valence-electron chi connectivity index (χ3n) is 4.11. The predicted octanol–water partition coefficient (Wildman–Crippen LogP) is 5.24. The SMILES string of the molecule is COc1cc2ccccc2cc1C(=O)NC(=S)Nc1nc2ccc(Cl)cc2s1. The number of rotatable bonds is 3. The first kappa shape index (κ1) is 18.6. The van der Waals surface area contributed by atoms with Crippen LogP contribution >= 0.6 is 35.2 Å². The average molecular weight is 428 g/mol. The molecular formula is C20H14ClN3O2S2. The molecule has 0 saturated heterocycles. The van der Waals surface area contributed by atoms with Crippen molar-refractivity contribution in [1.82, 2.24) is 10.3 Å². The molecule has 4 rings (SSSR count). The summed E-state index contributed by atoms with van der Waals surface area (Å²) < 4.78 is 6.31. The van der Waals surface area contributed by atoms with Gasteiger partial charge in [-0.15, -0.1) is 0 Å². The molecule has 140 valence electrons. The molecule has 5 nitrogen and oxygen atoms in total. The molecule has 0 radical (unpaired) electrons. The van der Waals surface area contributed by atoms with Gasteiger partial charge in [0.1, 0.15) is 5.75 Å². The van der Waals surface area contributed by atoms with Gasteiger partial charge in [0.2, 0.25) is 0 Å². The highest BCUT2D eigenvalue weighted by atomic mass is 35.5. The lowest BCUT2D eigenvalue weighted by molar-refractivity contribution is 0.0975. The van der Waals surface area contributed by atoms with E-state index in [1.807, 2.05) is 42.5 Å². The van der Waals surface area contributed by atoms with E-state index in [2.05, 4.69) is 15.6 Å². The highest BCUT2D eigenvalue weighted by molar-refractivity contribution is 7.80. The Balaban J connectivity index is 1.53. The lowest BCUT2D eigenvalue weighted by Gasteiger charge is -2.11. The van der Waals surface area contributed by atoms with Gasteiger partial charge >= 0.3 is 0 Å². The molecule has 0 atom stereocenters. The van der Waals surface area contributed by atoms with Crippen LogP contribution in [-0.2, 0) is 0 Å². The summed E-state index contributed by atoms with van der Waals surface area (Å²) in [4.78, 5) is 17.2. The third kappa shape index (κ3) is 3.77. The fraction of sp³-hybridized carbons (Fsp3) is 0.0500. The summed E-state index contributed by atoms with van der Waals surface area (Å²) >= 11 is 12.7. The van der Waals surface area contributed by atoms with Crippen LogP contribution in [0, 0.1) is 0 Å². The molecular weight excluding hydrogens is 414 g/mol. The number of fused-ring (bicyclic) bond motifs is 2. The number of methoxy groups -OCH3 is 1. The number of thiazole rings is 1. The molecule has 8 heteroatoms. The molecule has 0 aliphatic carbocycles. The summed E-state index contributed by atoms with van der Waals surface area (Å²) in [6.07, 6.45) is 0. The number of amides is 1. The number of halogens is 1. The Morgan fingerprint density at radius 3 is 2.64 bits per heavy atom. The van der Waals surface area contributed by atoms with E-state index in [9.17, 15) is 4.79 Å². The van der Waals surface area contributed by atoms with E-state index in [4.69, 9.17) is 28.6 Å². The van der Waals surface area contributed by atoms with Crippen LogP contribution in [0.15, 0.2) is 54.6 Å². The van der Waals surface area contributed by atoms with Crippen LogP contribution in [0.2, 0.25) is 5.02 Å². The Morgan fingerprint density at radius 1 is 1.14 bits per heavy atom. The number of benzene rings is 3. The molecule has 4 aromatic rings. The van der Waals surface area contributed by atoms with Gasteiger partial charge in [0, 0.05) is 5.02 Å². The summed E-state index contributed by atoms with van der Waals surface area (Å²) in [5, 5.41) is 8.94. The van der Waals surface area contributed by atoms with Gasteiger partial charge in [-0.25, -0.2) is 4.98 Å². The molecule has 0 spiro atoms. The van der Waals surface area contributed by atoms with Crippen molar-refractivity contribution in [3.05, 3.63) is 65.2 Å². The van der Waals surface area contributed by atoms with Crippen molar-refractivity contribution in [1.29, 1.82) is 0 Å². The Bertz CT molecular complexity index is 1220. The number of nitrogens with zero attached hydrogens (tertiary/aromatic N) is 1. The highest BCUT2D eigenvalue weighted by Gasteiger charge is 2.16. The Morgan fingerprint density at radius 2 is 1.89 bits per heavy atom. The standard InChI is InChI=1S/C20H14ClN3O2S2/c1-26-16-9-12-5-3-2-4-11(12)8-14(16)18(25)23-19(27)24-20-22-15-7-6-13(21)10-17(15)28-20/h2-10H,1H3,(H2,22,23,24,25,27). The quantitative estimate of drug-likeness (QED) is 0.438. The van der Waals surface area contributed by atoms with Crippen molar-refractivity contribution in [3.8, 4) is 5.75 Å². The number of hydrogen-bond acceptors (Lipinski definition) is 5. The van der Waals surface area contributed by atoms with Crippen LogP contribution in [0.4, 0.5) is 5.13 Å². The fourth-order valence-corrected chi connectivity index (χ4v) is 4.22. The molecule has 0 saturated carbocycles. The normalized spacial score (nSPS) is 10.8. The highest BCUT2D eigenvalue weighted by Crippen LogP contribution is 2.29. The topological polar surface area (TPSA) is 63.2 Å². The van der Waals surface area contributed by atoms with Crippen molar-refractivity contribution in [2.24, 2.45) is 0 Å². The van der Waals surface area contributed by atoms with Crippen molar-refractivity contribution in [2.45, 2.75) is 0 Å². The molecule has 0 aliphatic heterocycles. The summed E-state index contributed by atoms with van der Waals surface area (Å²) in [5.74, 6) is 0.123. The maximum absolute atomic E-state index is 12.7. The third-order valence-corrected chi connectivity index (χ3v) is 5.48. The molecule has 1 aromatic heterocycles. The first-order valence-corrected chi connectivity index (χ1v) is 9.89. The summed E-state index contributed by atoms with van der Waals surface area (Å²) in [5.41, 5.74) is 1.21. The van der Waals surface area contributed by atoms with Crippen molar-refractivity contribution >= 4 is 72.3 Å². The van der Waals surface area contributed by atoms with Crippen molar-refractivity contribution in [2.75, 3.05) is 12.4 Å². The van der Waals surface area contributed by atoms with Crippen LogP contribution < -0.4 is 15.4 Å². The van der Waals surface area contributed by atoms with Crippen molar-refractivity contribution in [3.63, 3.8) is 0 Å². The van der Waals surface area contributed by atoms with E-state index in [0.717, 1.165) is 21.0 Å². The van der Waals surface area contributed by atoms with Gasteiger partial charge in [-0.1, -0.05) is 47.2 Å². The van der Waals surface area contributed by atoms with E-state index in [1.54, 1.807) is 12.1 Å². The van der Waals surface area contributed by atoms with E-state index >= 15 is 0 Å². The number of carbonyl (C=O) groups excluding carboxylic acids is 1. The Hall–Kier alpha value is -2.74. The van der Waals surface area contributed by atoms with E-state index in [0.29, 0.717) is 21.5 Å². The Kier molecular flexibility index (Phi) is 5.13. The van der Waals surface area contributed by atoms with E-state index in [1.165, 1.54) is 18.4 Å². The Labute approximate surface area is 175 Å². The molecule has 0 unspecified atom stereocenters. The monoisotopic (exact) mass is 427 g/mol. The average Bonchev–Trinajstić information content (AvgIpc) is 3.07. The van der Waals surface area contributed by atoms with Crippen LogP contribution in [0.3, 0.4) is 0 Å². The maximum atomic E-state index is 12.7. The van der Waals surface area contributed by atoms with Gasteiger partial charge in [-0.05, 0) is 53.3 Å². The molecule has 3 aromatic carbocycles. The number of aromatic nitrogens is 1. The minimum Gasteiger partial charge on any atom is -0.496 e. The maximum Gasteiger partial charge on any atom is 0.261 e. The van der Waals surface area contributed by atoms with Gasteiger partial charge in [-0.2, -0.15) is 0 Å². The molecule has 1 heterocycles. The number of thiocarbonyl (C=S) groups is 1.